The molecule has 0 saturated carbocycles. The van der Waals surface area contributed by atoms with Crippen LogP contribution in [-0.2, 0) is 6.54 Å². The van der Waals surface area contributed by atoms with Crippen LogP contribution in [0, 0.1) is 6.92 Å². The van der Waals surface area contributed by atoms with Gasteiger partial charge in [0.25, 0.3) is 5.56 Å². The summed E-state index contributed by atoms with van der Waals surface area (Å²) in [7, 11) is 0. The first-order valence-corrected chi connectivity index (χ1v) is 10.5. The van der Waals surface area contributed by atoms with Crippen LogP contribution in [0.5, 0.6) is 0 Å². The molecule has 2 aromatic carbocycles. The number of carbonyl (C=O) groups is 1. The number of ketones is 1. The molecule has 29 heavy (non-hydrogen) atoms. The molecule has 0 aliphatic heterocycles. The molecule has 4 rings (SSSR count). The number of rotatable bonds is 6. The van der Waals surface area contributed by atoms with E-state index in [4.69, 9.17) is 0 Å². The maximum atomic E-state index is 12.9. The fraction of sp³-hybridized carbons (Fsp3) is 0.273. The van der Waals surface area contributed by atoms with Gasteiger partial charge >= 0.3 is 0 Å². The number of hydrogen-bond acceptors (Lipinski definition) is 5. The third kappa shape index (κ3) is 3.46. The van der Waals surface area contributed by atoms with E-state index in [1.807, 2.05) is 73.7 Å². The molecule has 0 bridgehead atoms. The number of thioether (sulfide) groups is 1. The van der Waals surface area contributed by atoms with E-state index >= 15 is 0 Å². The maximum Gasteiger partial charge on any atom is 0.262 e. The number of fused-ring (bicyclic) bond motifs is 3. The van der Waals surface area contributed by atoms with Crippen LogP contribution >= 0.6 is 11.8 Å². The lowest BCUT2D eigenvalue weighted by Crippen LogP contribution is -2.23. The van der Waals surface area contributed by atoms with E-state index in [1.54, 1.807) is 4.57 Å². The highest BCUT2D eigenvalue weighted by Gasteiger charge is 2.22. The van der Waals surface area contributed by atoms with Gasteiger partial charge in [-0.05, 0) is 32.4 Å². The lowest BCUT2D eigenvalue weighted by molar-refractivity contribution is 0.0994. The van der Waals surface area contributed by atoms with Crippen LogP contribution in [0.4, 0.5) is 0 Å². The minimum absolute atomic E-state index is 0.0398. The summed E-state index contributed by atoms with van der Waals surface area (Å²) in [6.45, 7) is 6.45. The minimum atomic E-state index is -0.338. The molecule has 0 amide bonds. The van der Waals surface area contributed by atoms with Crippen molar-refractivity contribution in [1.82, 2.24) is 19.2 Å². The Balaban J connectivity index is 1.79. The van der Waals surface area contributed by atoms with E-state index in [0.717, 1.165) is 17.5 Å². The highest BCUT2D eigenvalue weighted by atomic mass is 32.2. The van der Waals surface area contributed by atoms with Gasteiger partial charge in [-0.1, -0.05) is 60.6 Å². The maximum absolute atomic E-state index is 12.9. The Morgan fingerprint density at radius 2 is 1.83 bits per heavy atom. The summed E-state index contributed by atoms with van der Waals surface area (Å²) in [4.78, 5) is 25.8. The summed E-state index contributed by atoms with van der Waals surface area (Å²) in [5, 5.41) is 9.50. The number of para-hydroxylation sites is 1. The smallest absolute Gasteiger partial charge is 0.262 e. The van der Waals surface area contributed by atoms with Gasteiger partial charge < -0.3 is 0 Å². The number of aryl methyl sites for hydroxylation is 2. The summed E-state index contributed by atoms with van der Waals surface area (Å²) in [5.74, 6) is 0.547. The molecule has 0 aliphatic carbocycles. The van der Waals surface area contributed by atoms with Gasteiger partial charge in [-0.25, -0.2) is 0 Å². The van der Waals surface area contributed by atoms with E-state index < -0.39 is 0 Å². The molecule has 1 atom stereocenters. The predicted octanol–water partition coefficient (Wildman–Crippen LogP) is 4.13. The second-order valence-electron chi connectivity index (χ2n) is 7.08. The second kappa shape index (κ2) is 7.83. The number of aromatic nitrogens is 4. The SMILES string of the molecule is CCCn1c(=O)c2ccccc2n2c(S[C@@H](C)C(=O)c3ccc(C)cc3)nnc12. The van der Waals surface area contributed by atoms with Gasteiger partial charge in [-0.3, -0.25) is 18.6 Å². The standard InChI is InChI=1S/C22H22N4O2S/c1-4-13-25-20(28)17-7-5-6-8-18(17)26-21(25)23-24-22(26)29-15(3)19(27)16-11-9-14(2)10-12-16/h5-12,15H,4,13H2,1-3H3/t15-/m0/s1. The average molecular weight is 407 g/mol. The topological polar surface area (TPSA) is 69.3 Å². The zero-order valence-electron chi connectivity index (χ0n) is 16.6. The van der Waals surface area contributed by atoms with Crippen LogP contribution in [0.1, 0.15) is 36.2 Å². The highest BCUT2D eigenvalue weighted by Crippen LogP contribution is 2.27. The van der Waals surface area contributed by atoms with E-state index in [9.17, 15) is 9.59 Å². The van der Waals surface area contributed by atoms with Gasteiger partial charge in [-0.15, -0.1) is 10.2 Å². The first-order valence-electron chi connectivity index (χ1n) is 9.65. The van der Waals surface area contributed by atoms with E-state index in [0.29, 0.717) is 28.4 Å². The normalized spacial score (nSPS) is 12.5. The third-order valence-electron chi connectivity index (χ3n) is 4.91. The molecule has 0 radical (unpaired) electrons. The molecular formula is C22H22N4O2S. The zero-order valence-corrected chi connectivity index (χ0v) is 17.4. The van der Waals surface area contributed by atoms with Crippen molar-refractivity contribution in [1.29, 1.82) is 0 Å². The van der Waals surface area contributed by atoms with Crippen molar-refractivity contribution < 1.29 is 4.79 Å². The van der Waals surface area contributed by atoms with Crippen LogP contribution in [0.25, 0.3) is 16.7 Å². The van der Waals surface area contributed by atoms with E-state index in [-0.39, 0.29) is 16.6 Å². The molecular weight excluding hydrogens is 384 g/mol. The summed E-state index contributed by atoms with van der Waals surface area (Å²) < 4.78 is 3.54. The second-order valence-corrected chi connectivity index (χ2v) is 8.39. The third-order valence-corrected chi connectivity index (χ3v) is 5.96. The number of benzene rings is 2. The van der Waals surface area contributed by atoms with Crippen LogP contribution < -0.4 is 5.56 Å². The van der Waals surface area contributed by atoms with E-state index in [1.165, 1.54) is 11.8 Å². The van der Waals surface area contributed by atoms with Crippen LogP contribution in [0.3, 0.4) is 0 Å². The van der Waals surface area contributed by atoms with Crippen molar-refractivity contribution in [3.8, 4) is 0 Å². The van der Waals surface area contributed by atoms with Crippen LogP contribution in [0.15, 0.2) is 58.5 Å². The Bertz CT molecular complexity index is 1260. The molecule has 4 aromatic rings. The van der Waals surface area contributed by atoms with Crippen molar-refractivity contribution in [2.75, 3.05) is 0 Å². The van der Waals surface area contributed by atoms with Gasteiger partial charge in [0.15, 0.2) is 10.9 Å². The summed E-state index contributed by atoms with van der Waals surface area (Å²) in [5.41, 5.74) is 2.48. The first kappa shape index (κ1) is 19.4. The highest BCUT2D eigenvalue weighted by molar-refractivity contribution is 8.00. The molecule has 0 fully saturated rings. The Hall–Kier alpha value is -2.93. The van der Waals surface area contributed by atoms with Crippen molar-refractivity contribution in [3.63, 3.8) is 0 Å². The lowest BCUT2D eigenvalue weighted by atomic mass is 10.1. The molecule has 0 unspecified atom stereocenters. The lowest BCUT2D eigenvalue weighted by Gasteiger charge is -2.12. The molecule has 7 heteroatoms. The summed E-state index contributed by atoms with van der Waals surface area (Å²) in [6.07, 6.45) is 0.811. The Morgan fingerprint density at radius 3 is 2.55 bits per heavy atom. The van der Waals surface area contributed by atoms with Gasteiger partial charge in [0.05, 0.1) is 16.2 Å². The first-order chi connectivity index (χ1) is 14.0. The molecule has 148 valence electrons. The van der Waals surface area contributed by atoms with Crippen molar-refractivity contribution in [3.05, 3.63) is 70.0 Å². The molecule has 2 aromatic heterocycles. The molecule has 0 N–H and O–H groups in total. The Kier molecular flexibility index (Phi) is 5.24. The largest absolute Gasteiger partial charge is 0.293 e. The van der Waals surface area contributed by atoms with Crippen LogP contribution in [-0.4, -0.2) is 30.2 Å². The van der Waals surface area contributed by atoms with E-state index in [2.05, 4.69) is 10.2 Å². The quantitative estimate of drug-likeness (QED) is 0.356. The van der Waals surface area contributed by atoms with Crippen LogP contribution in [0.2, 0.25) is 0 Å². The number of nitrogens with zero attached hydrogens (tertiary/aromatic N) is 4. The van der Waals surface area contributed by atoms with Gasteiger partial charge in [0.2, 0.25) is 5.78 Å². The van der Waals surface area contributed by atoms with Gasteiger partial charge in [0, 0.05) is 12.1 Å². The molecule has 0 aliphatic rings. The summed E-state index contributed by atoms with van der Waals surface area (Å²) >= 11 is 1.36. The fourth-order valence-electron chi connectivity index (χ4n) is 3.40. The number of carbonyl (C=O) groups excluding carboxylic acids is 1. The number of Topliss-reactive ketones (excluding diaryl/α,β-unsaturated/α-hetero) is 1. The number of hydrogen-bond donors (Lipinski definition) is 0. The van der Waals surface area contributed by atoms with Gasteiger partial charge in [-0.2, -0.15) is 0 Å². The van der Waals surface area contributed by atoms with Gasteiger partial charge in [0.1, 0.15) is 0 Å². The molecule has 0 saturated heterocycles. The monoisotopic (exact) mass is 406 g/mol. The molecule has 6 nitrogen and oxygen atoms in total. The average Bonchev–Trinajstić information content (AvgIpc) is 3.14. The predicted molar refractivity (Wildman–Crippen MR) is 116 cm³/mol. The van der Waals surface area contributed by atoms with Crippen molar-refractivity contribution in [2.45, 2.75) is 44.1 Å². The Morgan fingerprint density at radius 1 is 1.10 bits per heavy atom. The Labute approximate surface area is 172 Å². The van der Waals surface area contributed by atoms with Crippen molar-refractivity contribution >= 4 is 34.2 Å². The molecule has 0 spiro atoms. The van der Waals surface area contributed by atoms with Crippen molar-refractivity contribution in [2.24, 2.45) is 0 Å². The molecule has 2 heterocycles. The summed E-state index contributed by atoms with van der Waals surface area (Å²) in [6, 6.07) is 15.0. The minimum Gasteiger partial charge on any atom is -0.293 e. The zero-order chi connectivity index (χ0) is 20.5. The fourth-order valence-corrected chi connectivity index (χ4v) is 4.33.